The van der Waals surface area contributed by atoms with Crippen molar-refractivity contribution in [3.8, 4) is 0 Å². The summed E-state index contributed by atoms with van der Waals surface area (Å²) in [5, 5.41) is 7.82. The molecule has 1 aromatic rings. The number of carbonyl (C=O) groups excluding carboxylic acids is 2. The van der Waals surface area contributed by atoms with E-state index in [1.165, 1.54) is 0 Å². The van der Waals surface area contributed by atoms with E-state index in [-0.39, 0.29) is 12.5 Å². The van der Waals surface area contributed by atoms with Crippen LogP contribution in [0.25, 0.3) is 0 Å². The Kier molecular flexibility index (Phi) is 6.35. The molecule has 0 spiro atoms. The van der Waals surface area contributed by atoms with Gasteiger partial charge in [-0.15, -0.1) is 0 Å². The summed E-state index contributed by atoms with van der Waals surface area (Å²) in [7, 11) is 0. The van der Waals surface area contributed by atoms with Crippen LogP contribution in [0.15, 0.2) is 28.7 Å². The van der Waals surface area contributed by atoms with E-state index >= 15 is 0 Å². The van der Waals surface area contributed by atoms with Gasteiger partial charge in [0, 0.05) is 16.7 Å². The first kappa shape index (κ1) is 15.5. The van der Waals surface area contributed by atoms with E-state index in [1.807, 2.05) is 38.1 Å². The molecule has 1 aromatic carbocycles. The predicted molar refractivity (Wildman–Crippen MR) is 79.0 cm³/mol. The zero-order valence-corrected chi connectivity index (χ0v) is 12.6. The number of nitrogens with one attached hydrogen (secondary N) is 3. The fraction of sp³-hybridized carbons (Fsp3) is 0.385. The van der Waals surface area contributed by atoms with Crippen molar-refractivity contribution in [3.63, 3.8) is 0 Å². The largest absolute Gasteiger partial charge is 0.375 e. The lowest BCUT2D eigenvalue weighted by Gasteiger charge is -2.10. The van der Waals surface area contributed by atoms with Crippen molar-refractivity contribution in [1.82, 2.24) is 10.6 Å². The second-order valence-electron chi connectivity index (χ2n) is 4.49. The molecule has 0 fully saturated rings. The molecule has 0 atom stereocenters. The Labute approximate surface area is 121 Å². The molecule has 0 unspecified atom stereocenters. The first-order valence-corrected chi connectivity index (χ1v) is 6.84. The van der Waals surface area contributed by atoms with Crippen molar-refractivity contribution in [2.45, 2.75) is 13.8 Å². The Morgan fingerprint density at radius 2 is 1.95 bits per heavy atom. The summed E-state index contributed by atoms with van der Waals surface area (Å²) in [6.07, 6.45) is 0. The quantitative estimate of drug-likeness (QED) is 0.777. The maximum Gasteiger partial charge on any atom is 0.321 e. The first-order valence-electron chi connectivity index (χ1n) is 6.05. The molecular weight excluding hydrogens is 310 g/mol. The highest BCUT2D eigenvalue weighted by Crippen LogP contribution is 2.20. The number of para-hydroxylation sites is 1. The maximum atomic E-state index is 11.5. The number of urea groups is 1. The summed E-state index contributed by atoms with van der Waals surface area (Å²) in [6, 6.07) is 6.99. The summed E-state index contributed by atoms with van der Waals surface area (Å²) >= 11 is 3.36. The normalized spacial score (nSPS) is 10.1. The van der Waals surface area contributed by atoms with Gasteiger partial charge in [0.25, 0.3) is 0 Å². The van der Waals surface area contributed by atoms with Gasteiger partial charge >= 0.3 is 6.03 Å². The van der Waals surface area contributed by atoms with E-state index in [0.29, 0.717) is 12.5 Å². The first-order chi connectivity index (χ1) is 8.99. The Balaban J connectivity index is 2.32. The average molecular weight is 328 g/mol. The lowest BCUT2D eigenvalue weighted by atomic mass is 10.2. The van der Waals surface area contributed by atoms with Gasteiger partial charge in [-0.1, -0.05) is 26.0 Å². The van der Waals surface area contributed by atoms with E-state index < -0.39 is 6.03 Å². The number of rotatable bonds is 5. The smallest absolute Gasteiger partial charge is 0.321 e. The number of anilines is 1. The standard InChI is InChI=1S/C13H18BrN3O2/c1-9(2)7-16-13(19)17-12(18)8-15-11-6-4-3-5-10(11)14/h3-6,9,15H,7-8H2,1-2H3,(H2,16,17,18,19). The molecule has 3 amide bonds. The van der Waals surface area contributed by atoms with Crippen LogP contribution in [0.3, 0.4) is 0 Å². The van der Waals surface area contributed by atoms with Gasteiger partial charge in [0.1, 0.15) is 0 Å². The van der Waals surface area contributed by atoms with Crippen molar-refractivity contribution in [3.05, 3.63) is 28.7 Å². The molecule has 3 N–H and O–H groups in total. The topological polar surface area (TPSA) is 70.2 Å². The third-order valence-corrected chi connectivity index (χ3v) is 2.93. The van der Waals surface area contributed by atoms with Crippen LogP contribution in [-0.4, -0.2) is 25.0 Å². The van der Waals surface area contributed by atoms with Crippen LogP contribution < -0.4 is 16.0 Å². The number of benzene rings is 1. The van der Waals surface area contributed by atoms with E-state index in [0.717, 1.165) is 10.2 Å². The fourth-order valence-electron chi connectivity index (χ4n) is 1.29. The molecule has 0 aliphatic rings. The van der Waals surface area contributed by atoms with Crippen LogP contribution in [0, 0.1) is 5.92 Å². The zero-order valence-electron chi connectivity index (χ0n) is 11.0. The van der Waals surface area contributed by atoms with Gasteiger partial charge in [-0.05, 0) is 34.0 Å². The number of amides is 3. The molecule has 0 heterocycles. The van der Waals surface area contributed by atoms with E-state index in [9.17, 15) is 9.59 Å². The maximum absolute atomic E-state index is 11.5. The lowest BCUT2D eigenvalue weighted by Crippen LogP contribution is -2.43. The number of carbonyl (C=O) groups is 2. The van der Waals surface area contributed by atoms with Crippen LogP contribution in [0.2, 0.25) is 0 Å². The number of hydrogen-bond donors (Lipinski definition) is 3. The number of imide groups is 1. The van der Waals surface area contributed by atoms with Crippen molar-refractivity contribution < 1.29 is 9.59 Å². The second kappa shape index (κ2) is 7.78. The van der Waals surface area contributed by atoms with Crippen molar-refractivity contribution in [1.29, 1.82) is 0 Å². The van der Waals surface area contributed by atoms with Crippen molar-refractivity contribution >= 4 is 33.6 Å². The highest BCUT2D eigenvalue weighted by Gasteiger charge is 2.08. The minimum atomic E-state index is -0.465. The molecule has 0 aliphatic heterocycles. The van der Waals surface area contributed by atoms with Crippen LogP contribution in [-0.2, 0) is 4.79 Å². The minimum Gasteiger partial charge on any atom is -0.375 e. The minimum absolute atomic E-state index is 0.0394. The third-order valence-electron chi connectivity index (χ3n) is 2.24. The molecule has 0 saturated carbocycles. The summed E-state index contributed by atoms with van der Waals surface area (Å²) in [4.78, 5) is 22.9. The zero-order chi connectivity index (χ0) is 14.3. The molecule has 0 saturated heterocycles. The summed E-state index contributed by atoms with van der Waals surface area (Å²) in [5.74, 6) is -0.0312. The predicted octanol–water partition coefficient (Wildman–Crippen LogP) is 2.34. The third kappa shape index (κ3) is 6.24. The molecule has 104 valence electrons. The van der Waals surface area contributed by atoms with Gasteiger partial charge in [0.15, 0.2) is 0 Å². The molecule has 1 rings (SSSR count). The number of hydrogen-bond acceptors (Lipinski definition) is 3. The lowest BCUT2D eigenvalue weighted by molar-refractivity contribution is -0.118. The average Bonchev–Trinajstić information content (AvgIpc) is 2.35. The van der Waals surface area contributed by atoms with Gasteiger partial charge in [-0.2, -0.15) is 0 Å². The Bertz CT molecular complexity index is 449. The molecule has 5 nitrogen and oxygen atoms in total. The van der Waals surface area contributed by atoms with E-state index in [2.05, 4.69) is 31.9 Å². The number of halogens is 1. The van der Waals surface area contributed by atoms with Gasteiger partial charge in [-0.25, -0.2) is 4.79 Å². The monoisotopic (exact) mass is 327 g/mol. The molecule has 0 aromatic heterocycles. The van der Waals surface area contributed by atoms with Crippen LogP contribution >= 0.6 is 15.9 Å². The summed E-state index contributed by atoms with van der Waals surface area (Å²) in [5.41, 5.74) is 0.806. The van der Waals surface area contributed by atoms with Crippen LogP contribution in [0.1, 0.15) is 13.8 Å². The highest BCUT2D eigenvalue weighted by atomic mass is 79.9. The molecule has 19 heavy (non-hydrogen) atoms. The Morgan fingerprint density at radius 1 is 1.26 bits per heavy atom. The van der Waals surface area contributed by atoms with Gasteiger partial charge in [0.05, 0.1) is 6.54 Å². The molecule has 0 radical (unpaired) electrons. The van der Waals surface area contributed by atoms with Crippen molar-refractivity contribution in [2.24, 2.45) is 5.92 Å². The van der Waals surface area contributed by atoms with Crippen molar-refractivity contribution in [2.75, 3.05) is 18.4 Å². The summed E-state index contributed by atoms with van der Waals surface area (Å²) in [6.45, 7) is 4.54. The fourth-order valence-corrected chi connectivity index (χ4v) is 1.72. The van der Waals surface area contributed by atoms with E-state index in [1.54, 1.807) is 0 Å². The Morgan fingerprint density at radius 3 is 2.58 bits per heavy atom. The summed E-state index contributed by atoms with van der Waals surface area (Å²) < 4.78 is 0.868. The van der Waals surface area contributed by atoms with Crippen LogP contribution in [0.4, 0.5) is 10.5 Å². The van der Waals surface area contributed by atoms with Gasteiger partial charge in [-0.3, -0.25) is 10.1 Å². The van der Waals surface area contributed by atoms with Gasteiger partial charge in [0.2, 0.25) is 5.91 Å². The highest BCUT2D eigenvalue weighted by molar-refractivity contribution is 9.10. The van der Waals surface area contributed by atoms with Gasteiger partial charge < -0.3 is 10.6 Å². The molecular formula is C13H18BrN3O2. The molecule has 0 bridgehead atoms. The SMILES string of the molecule is CC(C)CNC(=O)NC(=O)CNc1ccccc1Br. The molecule has 6 heteroatoms. The van der Waals surface area contributed by atoms with E-state index in [4.69, 9.17) is 0 Å². The Hall–Kier alpha value is -1.56. The molecule has 0 aliphatic carbocycles. The van der Waals surface area contributed by atoms with Crippen LogP contribution in [0.5, 0.6) is 0 Å². The second-order valence-corrected chi connectivity index (χ2v) is 5.34.